The molecule has 1 aliphatic heterocycles. The lowest BCUT2D eigenvalue weighted by Crippen LogP contribution is -2.54. The first-order valence-corrected chi connectivity index (χ1v) is 7.34. The first-order valence-electron chi connectivity index (χ1n) is 7.34. The molecule has 1 heterocycles. The van der Waals surface area contributed by atoms with E-state index in [4.69, 9.17) is 5.11 Å². The Kier molecular flexibility index (Phi) is 4.34. The first kappa shape index (κ1) is 17.6. The zero-order valence-corrected chi connectivity index (χ0v) is 12.8. The number of halogens is 3. The molecule has 0 spiro atoms. The standard InChI is InChI=1S/C14H19F3N2O4/c1-13(2)8(9(13)12(22)23)10(20)18-7-4-3-5-19(11(7)21)6-14(15,16)17/h7-9H,3-6H2,1-2H3,(H,18,20)(H,22,23)/t7?,8-,9+/m1/s1. The van der Waals surface area contributed by atoms with Crippen molar-refractivity contribution in [3.8, 4) is 0 Å². The van der Waals surface area contributed by atoms with Crippen LogP contribution >= 0.6 is 0 Å². The second kappa shape index (κ2) is 5.68. The number of piperidine rings is 1. The first-order chi connectivity index (χ1) is 10.4. The highest BCUT2D eigenvalue weighted by molar-refractivity contribution is 5.94. The van der Waals surface area contributed by atoms with E-state index in [-0.39, 0.29) is 13.0 Å². The van der Waals surface area contributed by atoms with E-state index in [1.807, 2.05) is 0 Å². The van der Waals surface area contributed by atoms with Crippen LogP contribution in [-0.4, -0.2) is 53.1 Å². The third kappa shape index (κ3) is 3.59. The summed E-state index contributed by atoms with van der Waals surface area (Å²) in [7, 11) is 0. The highest BCUT2D eigenvalue weighted by atomic mass is 19.4. The Hall–Kier alpha value is -1.80. The molecule has 3 atom stereocenters. The molecule has 9 heteroatoms. The summed E-state index contributed by atoms with van der Waals surface area (Å²) in [5.74, 6) is -4.07. The Bertz CT molecular complexity index is 533. The van der Waals surface area contributed by atoms with E-state index in [0.29, 0.717) is 11.3 Å². The van der Waals surface area contributed by atoms with Crippen LogP contribution in [0.3, 0.4) is 0 Å². The Morgan fingerprint density at radius 3 is 2.43 bits per heavy atom. The van der Waals surface area contributed by atoms with E-state index in [9.17, 15) is 27.6 Å². The molecule has 1 saturated carbocycles. The zero-order valence-electron chi connectivity index (χ0n) is 12.8. The van der Waals surface area contributed by atoms with E-state index >= 15 is 0 Å². The Balaban J connectivity index is 1.99. The van der Waals surface area contributed by atoms with Gasteiger partial charge in [0.05, 0.1) is 11.8 Å². The predicted molar refractivity (Wildman–Crippen MR) is 72.2 cm³/mol. The average Bonchev–Trinajstić information content (AvgIpc) is 2.96. The molecule has 0 radical (unpaired) electrons. The second-order valence-corrected chi connectivity index (χ2v) is 6.69. The number of hydrogen-bond acceptors (Lipinski definition) is 3. The SMILES string of the molecule is CC1(C)[C@H](C(=O)O)[C@@H]1C(=O)NC1CCCN(CC(F)(F)F)C1=O. The molecule has 0 bridgehead atoms. The Labute approximate surface area is 131 Å². The van der Waals surface area contributed by atoms with Crippen molar-refractivity contribution in [2.24, 2.45) is 17.3 Å². The van der Waals surface area contributed by atoms with Crippen molar-refractivity contribution in [2.45, 2.75) is 38.9 Å². The number of carbonyl (C=O) groups is 3. The number of hydrogen-bond donors (Lipinski definition) is 2. The quantitative estimate of drug-likeness (QED) is 0.802. The summed E-state index contributed by atoms with van der Waals surface area (Å²) in [5.41, 5.74) is -0.723. The fourth-order valence-electron chi connectivity index (χ4n) is 3.30. The molecular weight excluding hydrogens is 317 g/mol. The molecule has 6 nitrogen and oxygen atoms in total. The molecular formula is C14H19F3N2O4. The minimum absolute atomic E-state index is 0.00259. The van der Waals surface area contributed by atoms with Crippen LogP contribution in [-0.2, 0) is 14.4 Å². The number of likely N-dealkylation sites (tertiary alicyclic amines) is 1. The maximum absolute atomic E-state index is 12.4. The molecule has 2 aliphatic rings. The van der Waals surface area contributed by atoms with Crippen LogP contribution in [0, 0.1) is 17.3 Å². The lowest BCUT2D eigenvalue weighted by Gasteiger charge is -2.33. The number of nitrogens with one attached hydrogen (secondary N) is 1. The summed E-state index contributed by atoms with van der Waals surface area (Å²) in [5, 5.41) is 11.5. The van der Waals surface area contributed by atoms with Crippen molar-refractivity contribution in [3.63, 3.8) is 0 Å². The normalized spacial score (nSPS) is 30.0. The van der Waals surface area contributed by atoms with Gasteiger partial charge in [-0.25, -0.2) is 0 Å². The molecule has 0 aromatic heterocycles. The van der Waals surface area contributed by atoms with E-state index in [2.05, 4.69) is 5.32 Å². The largest absolute Gasteiger partial charge is 0.481 e. The molecule has 0 aromatic carbocycles. The van der Waals surface area contributed by atoms with Gasteiger partial charge >= 0.3 is 12.1 Å². The van der Waals surface area contributed by atoms with Crippen molar-refractivity contribution in [2.75, 3.05) is 13.1 Å². The van der Waals surface area contributed by atoms with Crippen molar-refractivity contribution in [1.82, 2.24) is 10.2 Å². The average molecular weight is 336 g/mol. The predicted octanol–water partition coefficient (Wildman–Crippen LogP) is 1.01. The van der Waals surface area contributed by atoms with E-state index in [0.717, 1.165) is 0 Å². The maximum Gasteiger partial charge on any atom is 0.406 e. The van der Waals surface area contributed by atoms with E-state index < -0.39 is 53.8 Å². The highest BCUT2D eigenvalue weighted by Gasteiger charge is 2.66. The van der Waals surface area contributed by atoms with E-state index in [1.54, 1.807) is 13.8 Å². The number of nitrogens with zero attached hydrogens (tertiary/aromatic N) is 1. The Morgan fingerprint density at radius 2 is 1.96 bits per heavy atom. The maximum atomic E-state index is 12.4. The smallest absolute Gasteiger partial charge is 0.406 e. The molecule has 1 aliphatic carbocycles. The molecule has 2 fully saturated rings. The van der Waals surface area contributed by atoms with Crippen LogP contribution in [0.2, 0.25) is 0 Å². The second-order valence-electron chi connectivity index (χ2n) is 6.69. The van der Waals surface area contributed by atoms with Crippen molar-refractivity contribution in [1.29, 1.82) is 0 Å². The molecule has 1 unspecified atom stereocenters. The number of alkyl halides is 3. The van der Waals surface area contributed by atoms with Gasteiger partial charge in [0, 0.05) is 6.54 Å². The molecule has 23 heavy (non-hydrogen) atoms. The van der Waals surface area contributed by atoms with Gasteiger partial charge in [-0.1, -0.05) is 13.8 Å². The van der Waals surface area contributed by atoms with Crippen LogP contribution in [0.5, 0.6) is 0 Å². The fourth-order valence-corrected chi connectivity index (χ4v) is 3.30. The molecule has 130 valence electrons. The topological polar surface area (TPSA) is 86.7 Å². The summed E-state index contributed by atoms with van der Waals surface area (Å²) in [6.45, 7) is 1.92. The van der Waals surface area contributed by atoms with Crippen LogP contribution in [0.1, 0.15) is 26.7 Å². The van der Waals surface area contributed by atoms with Crippen molar-refractivity contribution < 1.29 is 32.7 Å². The zero-order chi connectivity index (χ0) is 17.6. The fraction of sp³-hybridized carbons (Fsp3) is 0.786. The highest BCUT2D eigenvalue weighted by Crippen LogP contribution is 2.58. The monoisotopic (exact) mass is 336 g/mol. The number of aliphatic carboxylic acids is 1. The van der Waals surface area contributed by atoms with Crippen molar-refractivity contribution >= 4 is 17.8 Å². The van der Waals surface area contributed by atoms with Gasteiger partial charge in [-0.3, -0.25) is 14.4 Å². The van der Waals surface area contributed by atoms with Gasteiger partial charge in [-0.2, -0.15) is 13.2 Å². The molecule has 1 saturated heterocycles. The number of amides is 2. The minimum Gasteiger partial charge on any atom is -0.481 e. The number of rotatable bonds is 4. The number of carbonyl (C=O) groups excluding carboxylic acids is 2. The van der Waals surface area contributed by atoms with E-state index in [1.165, 1.54) is 0 Å². The minimum atomic E-state index is -4.49. The number of carboxylic acids is 1. The summed E-state index contributed by atoms with van der Waals surface area (Å²) in [6.07, 6.45) is -3.89. The lowest BCUT2D eigenvalue weighted by atomic mass is 10.0. The summed E-state index contributed by atoms with van der Waals surface area (Å²) in [4.78, 5) is 36.0. The molecule has 2 amide bonds. The Morgan fingerprint density at radius 1 is 1.35 bits per heavy atom. The molecule has 0 aromatic rings. The third-order valence-corrected chi connectivity index (χ3v) is 4.59. The summed E-state index contributed by atoms with van der Waals surface area (Å²) < 4.78 is 37.3. The van der Waals surface area contributed by atoms with Gasteiger partial charge in [0.2, 0.25) is 11.8 Å². The van der Waals surface area contributed by atoms with Gasteiger partial charge in [0.1, 0.15) is 12.6 Å². The van der Waals surface area contributed by atoms with Gasteiger partial charge in [-0.15, -0.1) is 0 Å². The third-order valence-electron chi connectivity index (χ3n) is 4.59. The lowest BCUT2D eigenvalue weighted by molar-refractivity contribution is -0.165. The van der Waals surface area contributed by atoms with Gasteiger partial charge < -0.3 is 15.3 Å². The van der Waals surface area contributed by atoms with Crippen LogP contribution in [0.4, 0.5) is 13.2 Å². The van der Waals surface area contributed by atoms with Crippen molar-refractivity contribution in [3.05, 3.63) is 0 Å². The van der Waals surface area contributed by atoms with Gasteiger partial charge in [0.15, 0.2) is 0 Å². The molecule has 2 N–H and O–H groups in total. The van der Waals surface area contributed by atoms with Gasteiger partial charge in [-0.05, 0) is 18.3 Å². The number of carboxylic acid groups (broad SMARTS) is 1. The van der Waals surface area contributed by atoms with Gasteiger partial charge in [0.25, 0.3) is 0 Å². The van der Waals surface area contributed by atoms with Crippen LogP contribution in [0.15, 0.2) is 0 Å². The van der Waals surface area contributed by atoms with Crippen LogP contribution in [0.25, 0.3) is 0 Å². The molecule has 2 rings (SSSR count). The van der Waals surface area contributed by atoms with Crippen LogP contribution < -0.4 is 5.32 Å². The summed E-state index contributed by atoms with van der Waals surface area (Å²) >= 11 is 0. The summed E-state index contributed by atoms with van der Waals surface area (Å²) in [6, 6.07) is -1.02.